The Kier molecular flexibility index (Phi) is 5.32. The third-order valence-electron chi connectivity index (χ3n) is 3.50. The zero-order valence-corrected chi connectivity index (χ0v) is 15.0. The highest BCUT2D eigenvalue weighted by Gasteiger charge is 2.35. The van der Waals surface area contributed by atoms with Crippen molar-refractivity contribution in [3.8, 4) is 5.75 Å². The number of amides is 1. The minimum Gasteiger partial charge on any atom is -0.497 e. The van der Waals surface area contributed by atoms with Crippen LogP contribution in [0.15, 0.2) is 52.0 Å². The summed E-state index contributed by atoms with van der Waals surface area (Å²) in [6.45, 7) is 2.37. The fourth-order valence-electron chi connectivity index (χ4n) is 2.22. The molecule has 1 saturated heterocycles. The van der Waals surface area contributed by atoms with Crippen molar-refractivity contribution in [1.29, 1.82) is 0 Å². The highest BCUT2D eigenvalue weighted by atomic mass is 32.2. The molecule has 0 unspecified atom stereocenters. The molecule has 0 spiro atoms. The number of amidine groups is 1. The summed E-state index contributed by atoms with van der Waals surface area (Å²) in [4.78, 5) is 15.1. The molecule has 0 aliphatic carbocycles. The Bertz CT molecular complexity index is 755. The second-order valence-electron chi connectivity index (χ2n) is 5.18. The number of rotatable bonds is 5. The maximum atomic E-state index is 12.4. The van der Waals surface area contributed by atoms with Crippen LogP contribution in [0, 0.1) is 0 Å². The summed E-state index contributed by atoms with van der Waals surface area (Å²) in [5.41, 5.74) is 1.02. The third-order valence-corrected chi connectivity index (χ3v) is 5.37. The van der Waals surface area contributed by atoms with Gasteiger partial charge in [-0.1, -0.05) is 30.0 Å². The summed E-state index contributed by atoms with van der Waals surface area (Å²) in [7, 11) is 1.63. The Morgan fingerprint density at radius 1 is 1.29 bits per heavy atom. The first-order chi connectivity index (χ1) is 11.7. The summed E-state index contributed by atoms with van der Waals surface area (Å²) in [5, 5.41) is 10.9. The largest absolute Gasteiger partial charge is 0.497 e. The lowest BCUT2D eigenvalue weighted by Gasteiger charge is -2.15. The van der Waals surface area contributed by atoms with E-state index >= 15 is 0 Å². The Morgan fingerprint density at radius 2 is 2.08 bits per heavy atom. The monoisotopic (exact) mass is 359 g/mol. The molecule has 1 aromatic heterocycles. The first kappa shape index (κ1) is 16.7. The minimum absolute atomic E-state index is 0.0564. The zero-order valence-electron chi connectivity index (χ0n) is 13.4. The van der Waals surface area contributed by atoms with Crippen LogP contribution in [0.25, 0.3) is 0 Å². The smallest absolute Gasteiger partial charge is 0.242 e. The number of carbonyl (C=O) groups excluding carboxylic acids is 1. The van der Waals surface area contributed by atoms with Crippen molar-refractivity contribution in [2.45, 2.75) is 18.7 Å². The van der Waals surface area contributed by atoms with Gasteiger partial charge in [-0.15, -0.1) is 16.4 Å². The average molecular weight is 359 g/mol. The topological polar surface area (TPSA) is 54.3 Å². The molecule has 1 amide bonds. The van der Waals surface area contributed by atoms with E-state index in [0.717, 1.165) is 16.2 Å². The van der Waals surface area contributed by atoms with Gasteiger partial charge in [0, 0.05) is 4.88 Å². The zero-order chi connectivity index (χ0) is 16.9. The molecule has 2 heterocycles. The summed E-state index contributed by atoms with van der Waals surface area (Å²) in [6.07, 6.45) is 1.71. The average Bonchev–Trinajstić information content (AvgIpc) is 3.20. The van der Waals surface area contributed by atoms with Gasteiger partial charge in [-0.25, -0.2) is 0 Å². The molecule has 1 fully saturated rings. The van der Waals surface area contributed by atoms with Crippen molar-refractivity contribution in [3.63, 3.8) is 0 Å². The lowest BCUT2D eigenvalue weighted by Crippen LogP contribution is -2.30. The Labute approximate surface area is 149 Å². The number of thioether (sulfide) groups is 1. The number of carbonyl (C=O) groups is 1. The van der Waals surface area contributed by atoms with Gasteiger partial charge in [0.1, 0.15) is 5.75 Å². The predicted octanol–water partition coefficient (Wildman–Crippen LogP) is 3.61. The Hall–Kier alpha value is -2.12. The molecule has 0 N–H and O–H groups in total. The van der Waals surface area contributed by atoms with Crippen LogP contribution in [0.2, 0.25) is 0 Å². The normalized spacial score (nSPS) is 19.6. The maximum Gasteiger partial charge on any atom is 0.242 e. The van der Waals surface area contributed by atoms with Crippen LogP contribution in [0.3, 0.4) is 0 Å². The minimum atomic E-state index is -0.140. The summed E-state index contributed by atoms with van der Waals surface area (Å²) in [6, 6.07) is 11.6. The number of benzene rings is 1. The van der Waals surface area contributed by atoms with Gasteiger partial charge in [0.25, 0.3) is 0 Å². The van der Waals surface area contributed by atoms with Gasteiger partial charge in [-0.3, -0.25) is 9.69 Å². The van der Waals surface area contributed by atoms with Crippen LogP contribution in [0.4, 0.5) is 0 Å². The van der Waals surface area contributed by atoms with Crippen LogP contribution in [0.5, 0.6) is 5.75 Å². The fourth-order valence-corrected chi connectivity index (χ4v) is 3.72. The van der Waals surface area contributed by atoms with E-state index in [2.05, 4.69) is 10.2 Å². The Morgan fingerprint density at radius 3 is 2.75 bits per heavy atom. The van der Waals surface area contributed by atoms with Gasteiger partial charge in [0.05, 0.1) is 25.1 Å². The number of hydrogen-bond donors (Lipinski definition) is 0. The quantitative estimate of drug-likeness (QED) is 0.605. The van der Waals surface area contributed by atoms with Crippen molar-refractivity contribution in [1.82, 2.24) is 4.90 Å². The van der Waals surface area contributed by atoms with Crippen LogP contribution in [-0.2, 0) is 11.3 Å². The lowest BCUT2D eigenvalue weighted by atomic mass is 10.2. The molecule has 3 rings (SSSR count). The fraction of sp³-hybridized carbons (Fsp3) is 0.235. The summed E-state index contributed by atoms with van der Waals surface area (Å²) in [5.74, 6) is 0.851. The number of thiophene rings is 1. The van der Waals surface area contributed by atoms with Crippen molar-refractivity contribution < 1.29 is 9.53 Å². The first-order valence-corrected chi connectivity index (χ1v) is 9.19. The van der Waals surface area contributed by atoms with E-state index in [9.17, 15) is 4.79 Å². The molecular weight excluding hydrogens is 342 g/mol. The van der Waals surface area contributed by atoms with E-state index in [0.29, 0.717) is 11.7 Å². The highest BCUT2D eigenvalue weighted by Crippen LogP contribution is 2.28. The van der Waals surface area contributed by atoms with Crippen molar-refractivity contribution >= 4 is 40.4 Å². The lowest BCUT2D eigenvalue weighted by molar-refractivity contribution is -0.126. The second kappa shape index (κ2) is 7.63. The molecule has 1 aliphatic rings. The molecule has 0 bridgehead atoms. The predicted molar refractivity (Wildman–Crippen MR) is 99.9 cm³/mol. The molecule has 7 heteroatoms. The molecule has 1 aromatic carbocycles. The van der Waals surface area contributed by atoms with Crippen molar-refractivity contribution in [3.05, 3.63) is 52.2 Å². The molecular formula is C17H17N3O2S2. The molecule has 24 heavy (non-hydrogen) atoms. The Balaban J connectivity index is 1.75. The molecule has 0 radical (unpaired) electrons. The SMILES string of the molecule is COc1ccc(CN2C(=O)[C@@H](C)S/C2=N/N=C\c2cccs2)cc1. The van der Waals surface area contributed by atoms with Gasteiger partial charge in [0.15, 0.2) is 5.17 Å². The van der Waals surface area contributed by atoms with Gasteiger partial charge in [-0.2, -0.15) is 5.10 Å². The number of nitrogens with zero attached hydrogens (tertiary/aromatic N) is 3. The molecule has 5 nitrogen and oxygen atoms in total. The third kappa shape index (κ3) is 3.85. The van der Waals surface area contributed by atoms with Crippen LogP contribution in [-0.4, -0.2) is 34.5 Å². The number of ether oxygens (including phenoxy) is 1. The van der Waals surface area contributed by atoms with E-state index in [4.69, 9.17) is 4.74 Å². The van der Waals surface area contributed by atoms with Crippen LogP contribution < -0.4 is 4.74 Å². The van der Waals surface area contributed by atoms with Crippen LogP contribution >= 0.6 is 23.1 Å². The van der Waals surface area contributed by atoms with Crippen molar-refractivity contribution in [2.75, 3.05) is 7.11 Å². The second-order valence-corrected chi connectivity index (χ2v) is 7.46. The molecule has 0 saturated carbocycles. The van der Waals surface area contributed by atoms with Crippen LogP contribution in [0.1, 0.15) is 17.4 Å². The number of hydrogen-bond acceptors (Lipinski definition) is 6. The van der Waals surface area contributed by atoms with E-state index in [-0.39, 0.29) is 11.2 Å². The van der Waals surface area contributed by atoms with Gasteiger partial charge in [0.2, 0.25) is 5.91 Å². The molecule has 1 aliphatic heterocycles. The highest BCUT2D eigenvalue weighted by molar-refractivity contribution is 8.15. The number of methoxy groups -OCH3 is 1. The van der Waals surface area contributed by atoms with E-state index in [1.54, 1.807) is 29.6 Å². The van der Waals surface area contributed by atoms with E-state index < -0.39 is 0 Å². The van der Waals surface area contributed by atoms with Crippen molar-refractivity contribution in [2.24, 2.45) is 10.2 Å². The van der Waals surface area contributed by atoms with Gasteiger partial charge >= 0.3 is 0 Å². The van der Waals surface area contributed by atoms with Gasteiger partial charge in [-0.05, 0) is 36.1 Å². The standard InChI is InChI=1S/C17H17N3O2S2/c1-12-16(21)20(11-13-5-7-14(22-2)8-6-13)17(24-12)19-18-10-15-4-3-9-23-15/h3-10,12H,11H2,1-2H3/b18-10-,19-17+/t12-/m1/s1. The summed E-state index contributed by atoms with van der Waals surface area (Å²) < 4.78 is 5.16. The van der Waals surface area contributed by atoms with Gasteiger partial charge < -0.3 is 4.74 Å². The van der Waals surface area contributed by atoms with E-state index in [1.165, 1.54) is 11.8 Å². The molecule has 124 valence electrons. The van der Waals surface area contributed by atoms with E-state index in [1.807, 2.05) is 48.7 Å². The molecule has 2 aromatic rings. The maximum absolute atomic E-state index is 12.4. The summed E-state index contributed by atoms with van der Waals surface area (Å²) >= 11 is 3.03. The molecule has 1 atom stereocenters. The first-order valence-electron chi connectivity index (χ1n) is 7.43.